The van der Waals surface area contributed by atoms with Gasteiger partial charge in [0.15, 0.2) is 0 Å². The molecule has 0 aliphatic carbocycles. The molecule has 1 aromatic rings. The van der Waals surface area contributed by atoms with E-state index in [0.29, 0.717) is 17.8 Å². The first-order chi connectivity index (χ1) is 8.84. The largest absolute Gasteiger partial charge is 0.398 e. The van der Waals surface area contributed by atoms with Crippen molar-refractivity contribution in [3.05, 3.63) is 23.5 Å². The van der Waals surface area contributed by atoms with Gasteiger partial charge in [0.05, 0.1) is 0 Å². The molecule has 2 N–H and O–H groups in total. The van der Waals surface area contributed by atoms with Crippen LogP contribution in [-0.4, -0.2) is 36.8 Å². The fourth-order valence-electron chi connectivity index (χ4n) is 2.06. The molecule has 0 spiro atoms. The zero-order valence-electron chi connectivity index (χ0n) is 10.9. The van der Waals surface area contributed by atoms with Crippen LogP contribution in [-0.2, 0) is 10.0 Å². The molecule has 1 saturated heterocycles. The molecule has 1 aromatic carbocycles. The molecule has 0 amide bonds. The van der Waals surface area contributed by atoms with E-state index in [1.54, 1.807) is 18.7 Å². The van der Waals surface area contributed by atoms with Crippen molar-refractivity contribution in [2.24, 2.45) is 0 Å². The van der Waals surface area contributed by atoms with E-state index in [2.05, 4.69) is 0 Å². The lowest BCUT2D eigenvalue weighted by molar-refractivity contribution is 0.365. The number of nitrogens with zero attached hydrogens (tertiary/aromatic N) is 1. The lowest BCUT2D eigenvalue weighted by Crippen LogP contribution is -2.44. The van der Waals surface area contributed by atoms with Gasteiger partial charge >= 0.3 is 0 Å². The molecule has 19 heavy (non-hydrogen) atoms. The lowest BCUT2D eigenvalue weighted by atomic mass is 10.2. The molecule has 1 aliphatic rings. The van der Waals surface area contributed by atoms with E-state index in [1.807, 2.05) is 6.92 Å². The minimum atomic E-state index is -3.82. The van der Waals surface area contributed by atoms with Crippen molar-refractivity contribution in [3.8, 4) is 0 Å². The molecule has 1 atom stereocenters. The zero-order valence-corrected chi connectivity index (χ0v) is 12.5. The van der Waals surface area contributed by atoms with E-state index in [4.69, 9.17) is 5.73 Å². The van der Waals surface area contributed by atoms with Crippen LogP contribution in [0.25, 0.3) is 0 Å². The standard InChI is InChI=1S/C12H17FN2O2S2/c1-8-5-10(13)12(6-11(8)14)19(16,17)15-3-4-18-7-9(15)2/h5-6,9H,3-4,7,14H2,1-2H3. The number of halogens is 1. The number of sulfonamides is 1. The minimum absolute atomic E-state index is 0.134. The van der Waals surface area contributed by atoms with Gasteiger partial charge in [-0.2, -0.15) is 16.1 Å². The number of anilines is 1. The Labute approximate surface area is 117 Å². The average molecular weight is 304 g/mol. The summed E-state index contributed by atoms with van der Waals surface area (Å²) in [5.74, 6) is 0.714. The van der Waals surface area contributed by atoms with Gasteiger partial charge in [-0.15, -0.1) is 0 Å². The third kappa shape index (κ3) is 2.73. The van der Waals surface area contributed by atoms with Crippen LogP contribution in [0.15, 0.2) is 17.0 Å². The molecule has 4 nitrogen and oxygen atoms in total. The van der Waals surface area contributed by atoms with E-state index >= 15 is 0 Å². The van der Waals surface area contributed by atoms with E-state index in [1.165, 1.54) is 16.4 Å². The van der Waals surface area contributed by atoms with Crippen molar-refractivity contribution in [2.75, 3.05) is 23.8 Å². The number of nitrogen functional groups attached to an aromatic ring is 1. The van der Waals surface area contributed by atoms with Gasteiger partial charge < -0.3 is 5.73 Å². The van der Waals surface area contributed by atoms with Gasteiger partial charge in [0.1, 0.15) is 10.7 Å². The van der Waals surface area contributed by atoms with Crippen LogP contribution in [0, 0.1) is 12.7 Å². The van der Waals surface area contributed by atoms with E-state index in [-0.39, 0.29) is 10.9 Å². The highest BCUT2D eigenvalue weighted by Gasteiger charge is 2.33. The minimum Gasteiger partial charge on any atom is -0.398 e. The normalized spacial score (nSPS) is 21.5. The molecule has 0 saturated carbocycles. The van der Waals surface area contributed by atoms with Gasteiger partial charge in [-0.3, -0.25) is 0 Å². The Bertz CT molecular complexity index is 590. The van der Waals surface area contributed by atoms with Crippen LogP contribution in [0.1, 0.15) is 12.5 Å². The number of benzene rings is 1. The highest BCUT2D eigenvalue weighted by atomic mass is 32.2. The Morgan fingerprint density at radius 3 is 2.79 bits per heavy atom. The van der Waals surface area contributed by atoms with E-state index < -0.39 is 15.8 Å². The molecule has 106 valence electrons. The maximum absolute atomic E-state index is 13.9. The van der Waals surface area contributed by atoms with Crippen molar-refractivity contribution in [1.82, 2.24) is 4.31 Å². The van der Waals surface area contributed by atoms with Crippen LogP contribution in [0.2, 0.25) is 0 Å². The highest BCUT2D eigenvalue weighted by molar-refractivity contribution is 7.99. The predicted octanol–water partition coefficient (Wildman–Crippen LogP) is 1.84. The SMILES string of the molecule is Cc1cc(F)c(S(=O)(=O)N2CCSCC2C)cc1N. The second-order valence-electron chi connectivity index (χ2n) is 4.68. The maximum Gasteiger partial charge on any atom is 0.246 e. The number of nitrogens with two attached hydrogens (primary N) is 1. The van der Waals surface area contributed by atoms with Gasteiger partial charge in [0.25, 0.3) is 0 Å². The second-order valence-corrected chi connectivity index (χ2v) is 7.69. The molecule has 0 aromatic heterocycles. The Hall–Kier alpha value is -0.790. The van der Waals surface area contributed by atoms with Gasteiger partial charge in [-0.1, -0.05) is 0 Å². The van der Waals surface area contributed by atoms with Crippen LogP contribution in [0.5, 0.6) is 0 Å². The van der Waals surface area contributed by atoms with Crippen LogP contribution < -0.4 is 5.73 Å². The number of thioether (sulfide) groups is 1. The summed E-state index contributed by atoms with van der Waals surface area (Å²) in [6, 6.07) is 2.26. The summed E-state index contributed by atoms with van der Waals surface area (Å²) in [5.41, 5.74) is 6.53. The molecule has 1 unspecified atom stereocenters. The van der Waals surface area contributed by atoms with E-state index in [9.17, 15) is 12.8 Å². The lowest BCUT2D eigenvalue weighted by Gasteiger charge is -2.32. The van der Waals surface area contributed by atoms with Crippen molar-refractivity contribution in [3.63, 3.8) is 0 Å². The van der Waals surface area contributed by atoms with Gasteiger partial charge in [0.2, 0.25) is 10.0 Å². The molecule has 1 aliphatic heterocycles. The summed E-state index contributed by atoms with van der Waals surface area (Å²) in [5, 5.41) is 0. The number of hydrogen-bond acceptors (Lipinski definition) is 4. The molecule has 1 heterocycles. The monoisotopic (exact) mass is 304 g/mol. The van der Waals surface area contributed by atoms with Crippen molar-refractivity contribution >= 4 is 27.5 Å². The first-order valence-electron chi connectivity index (χ1n) is 5.99. The first-order valence-corrected chi connectivity index (χ1v) is 8.58. The Balaban J connectivity index is 2.47. The summed E-state index contributed by atoms with van der Waals surface area (Å²) >= 11 is 1.70. The quantitative estimate of drug-likeness (QED) is 0.847. The summed E-state index contributed by atoms with van der Waals surface area (Å²) in [7, 11) is -3.82. The second kappa shape index (κ2) is 5.30. The van der Waals surface area contributed by atoms with Crippen molar-refractivity contribution in [2.45, 2.75) is 24.8 Å². The number of rotatable bonds is 2. The third-order valence-electron chi connectivity index (χ3n) is 3.21. The molecule has 0 bridgehead atoms. The fourth-order valence-corrected chi connectivity index (χ4v) is 5.00. The first kappa shape index (κ1) is 14.6. The van der Waals surface area contributed by atoms with E-state index in [0.717, 1.165) is 11.5 Å². The Kier molecular flexibility index (Phi) is 4.08. The van der Waals surface area contributed by atoms with Crippen LogP contribution in [0.4, 0.5) is 10.1 Å². The molecule has 0 radical (unpaired) electrons. The van der Waals surface area contributed by atoms with Gasteiger partial charge in [-0.25, -0.2) is 12.8 Å². The van der Waals surface area contributed by atoms with Crippen molar-refractivity contribution in [1.29, 1.82) is 0 Å². The summed E-state index contributed by atoms with van der Waals surface area (Å²) in [6.45, 7) is 3.88. The summed E-state index contributed by atoms with van der Waals surface area (Å²) < 4.78 is 40.3. The number of hydrogen-bond donors (Lipinski definition) is 1. The smallest absolute Gasteiger partial charge is 0.246 e. The topological polar surface area (TPSA) is 63.4 Å². The van der Waals surface area contributed by atoms with Crippen LogP contribution in [0.3, 0.4) is 0 Å². The maximum atomic E-state index is 13.9. The van der Waals surface area contributed by atoms with Crippen molar-refractivity contribution < 1.29 is 12.8 Å². The molecule has 7 heteroatoms. The Morgan fingerprint density at radius 1 is 1.47 bits per heavy atom. The van der Waals surface area contributed by atoms with Crippen LogP contribution >= 0.6 is 11.8 Å². The number of aryl methyl sites for hydroxylation is 1. The molecular weight excluding hydrogens is 287 g/mol. The summed E-state index contributed by atoms with van der Waals surface area (Å²) in [6.07, 6.45) is 0. The average Bonchev–Trinajstić information content (AvgIpc) is 2.34. The van der Waals surface area contributed by atoms with Gasteiger partial charge in [-0.05, 0) is 31.5 Å². The zero-order chi connectivity index (χ0) is 14.2. The Morgan fingerprint density at radius 2 is 2.16 bits per heavy atom. The third-order valence-corrected chi connectivity index (χ3v) is 6.43. The highest BCUT2D eigenvalue weighted by Crippen LogP contribution is 2.28. The molecule has 2 rings (SSSR count). The molecular formula is C12H17FN2O2S2. The van der Waals surface area contributed by atoms with Gasteiger partial charge in [0, 0.05) is 29.8 Å². The fraction of sp³-hybridized carbons (Fsp3) is 0.500. The summed E-state index contributed by atoms with van der Waals surface area (Å²) in [4.78, 5) is -0.325. The predicted molar refractivity (Wildman–Crippen MR) is 76.2 cm³/mol. The molecule has 1 fully saturated rings.